The number of nitrogens with zero attached hydrogens (tertiary/aromatic N) is 2. The zero-order valence-corrected chi connectivity index (χ0v) is 15.6. The van der Waals surface area contributed by atoms with Gasteiger partial charge in [-0.05, 0) is 55.3 Å². The zero-order chi connectivity index (χ0) is 18.5. The van der Waals surface area contributed by atoms with Crippen LogP contribution in [0.2, 0.25) is 5.02 Å². The van der Waals surface area contributed by atoms with Gasteiger partial charge in [0.1, 0.15) is 5.82 Å². The van der Waals surface area contributed by atoms with Crippen molar-refractivity contribution in [2.75, 3.05) is 42.9 Å². The van der Waals surface area contributed by atoms with Crippen LogP contribution in [0.1, 0.15) is 12.0 Å². The van der Waals surface area contributed by atoms with Crippen LogP contribution in [0.4, 0.5) is 15.8 Å². The molecule has 1 N–H and O–H groups in total. The molecule has 0 aromatic heterocycles. The van der Waals surface area contributed by atoms with Gasteiger partial charge in [-0.3, -0.25) is 9.69 Å². The predicted octanol–water partition coefficient (Wildman–Crippen LogP) is 3.94. The number of carbonyl (C=O) groups excluding carboxylic acids is 1. The van der Waals surface area contributed by atoms with Gasteiger partial charge in [0.25, 0.3) is 0 Å². The molecule has 1 aliphatic rings. The largest absolute Gasteiger partial charge is 0.370 e. The molecule has 4 nitrogen and oxygen atoms in total. The van der Waals surface area contributed by atoms with Gasteiger partial charge in [-0.1, -0.05) is 17.7 Å². The van der Waals surface area contributed by atoms with Gasteiger partial charge in [0.05, 0.1) is 6.54 Å². The molecule has 1 amide bonds. The first-order valence-corrected chi connectivity index (χ1v) is 9.18. The molecule has 0 aliphatic carbocycles. The summed E-state index contributed by atoms with van der Waals surface area (Å²) in [4.78, 5) is 16.8. The van der Waals surface area contributed by atoms with Crippen LogP contribution in [-0.4, -0.2) is 43.5 Å². The molecule has 1 aliphatic heterocycles. The first-order chi connectivity index (χ1) is 12.5. The molecule has 3 rings (SSSR count). The Morgan fingerprint density at radius 2 is 1.88 bits per heavy atom. The van der Waals surface area contributed by atoms with Crippen LogP contribution in [-0.2, 0) is 4.79 Å². The van der Waals surface area contributed by atoms with Crippen molar-refractivity contribution >= 4 is 28.9 Å². The van der Waals surface area contributed by atoms with Gasteiger partial charge < -0.3 is 10.2 Å². The van der Waals surface area contributed by atoms with E-state index >= 15 is 0 Å². The van der Waals surface area contributed by atoms with Gasteiger partial charge in [0.2, 0.25) is 5.91 Å². The third kappa shape index (κ3) is 4.96. The third-order valence-electron chi connectivity index (χ3n) is 4.62. The van der Waals surface area contributed by atoms with Crippen LogP contribution in [0.15, 0.2) is 42.5 Å². The lowest BCUT2D eigenvalue weighted by molar-refractivity contribution is -0.117. The Labute approximate surface area is 158 Å². The highest BCUT2D eigenvalue weighted by molar-refractivity contribution is 6.31. The fourth-order valence-electron chi connectivity index (χ4n) is 3.16. The van der Waals surface area contributed by atoms with Crippen molar-refractivity contribution in [3.63, 3.8) is 0 Å². The molecule has 1 saturated heterocycles. The standard InChI is InChI=1S/C20H23ClFN3O/c1-15-3-4-16(21)13-19(15)23-20(26)14-24-9-2-10-25(12-11-24)18-7-5-17(22)6-8-18/h3-8,13H,2,9-12,14H2,1H3,(H,23,26). The zero-order valence-electron chi connectivity index (χ0n) is 14.8. The molecule has 0 saturated carbocycles. The molecule has 0 spiro atoms. The van der Waals surface area contributed by atoms with E-state index in [1.807, 2.05) is 19.1 Å². The van der Waals surface area contributed by atoms with Gasteiger partial charge >= 0.3 is 0 Å². The van der Waals surface area contributed by atoms with Crippen molar-refractivity contribution in [3.8, 4) is 0 Å². The SMILES string of the molecule is Cc1ccc(Cl)cc1NC(=O)CN1CCCN(c2ccc(F)cc2)CC1. The quantitative estimate of drug-likeness (QED) is 0.879. The van der Waals surface area contributed by atoms with E-state index in [9.17, 15) is 9.18 Å². The summed E-state index contributed by atoms with van der Waals surface area (Å²) in [6, 6.07) is 12.1. The van der Waals surface area contributed by atoms with Crippen molar-refractivity contribution in [1.29, 1.82) is 0 Å². The third-order valence-corrected chi connectivity index (χ3v) is 4.86. The second kappa shape index (κ2) is 8.52. The van der Waals surface area contributed by atoms with E-state index < -0.39 is 0 Å². The number of nitrogens with one attached hydrogen (secondary N) is 1. The summed E-state index contributed by atoms with van der Waals surface area (Å²) in [5.74, 6) is -0.260. The normalized spacial score (nSPS) is 15.6. The Bertz CT molecular complexity index is 766. The molecule has 0 unspecified atom stereocenters. The summed E-state index contributed by atoms with van der Waals surface area (Å²) in [5.41, 5.74) is 2.76. The van der Waals surface area contributed by atoms with E-state index in [1.54, 1.807) is 18.2 Å². The van der Waals surface area contributed by atoms with Crippen molar-refractivity contribution in [2.45, 2.75) is 13.3 Å². The van der Waals surface area contributed by atoms with Gasteiger partial charge in [-0.2, -0.15) is 0 Å². The highest BCUT2D eigenvalue weighted by Crippen LogP contribution is 2.20. The van der Waals surface area contributed by atoms with Crippen LogP contribution in [0.3, 0.4) is 0 Å². The lowest BCUT2D eigenvalue weighted by Gasteiger charge is -2.23. The van der Waals surface area contributed by atoms with E-state index in [1.165, 1.54) is 12.1 Å². The molecular weight excluding hydrogens is 353 g/mol. The second-order valence-electron chi connectivity index (χ2n) is 6.60. The highest BCUT2D eigenvalue weighted by Gasteiger charge is 2.18. The Hall–Kier alpha value is -2.11. The van der Waals surface area contributed by atoms with Crippen molar-refractivity contribution < 1.29 is 9.18 Å². The lowest BCUT2D eigenvalue weighted by Crippen LogP contribution is -2.36. The molecule has 0 atom stereocenters. The molecule has 2 aromatic rings. The Balaban J connectivity index is 1.55. The van der Waals surface area contributed by atoms with Crippen LogP contribution < -0.4 is 10.2 Å². The number of carbonyl (C=O) groups is 1. The molecule has 1 heterocycles. The minimum Gasteiger partial charge on any atom is -0.370 e. The molecule has 0 bridgehead atoms. The average molecular weight is 376 g/mol. The highest BCUT2D eigenvalue weighted by atomic mass is 35.5. The van der Waals surface area contributed by atoms with Crippen molar-refractivity contribution in [2.24, 2.45) is 0 Å². The van der Waals surface area contributed by atoms with Crippen LogP contribution >= 0.6 is 11.6 Å². The molecule has 138 valence electrons. The summed E-state index contributed by atoms with van der Waals surface area (Å²) in [7, 11) is 0. The molecule has 26 heavy (non-hydrogen) atoms. The first kappa shape index (κ1) is 18.7. The van der Waals surface area contributed by atoms with E-state index in [0.29, 0.717) is 11.6 Å². The maximum atomic E-state index is 13.1. The van der Waals surface area contributed by atoms with Crippen LogP contribution in [0.5, 0.6) is 0 Å². The number of amides is 1. The second-order valence-corrected chi connectivity index (χ2v) is 7.04. The summed E-state index contributed by atoms with van der Waals surface area (Å²) in [6.45, 7) is 5.66. The number of aryl methyl sites for hydroxylation is 1. The average Bonchev–Trinajstić information content (AvgIpc) is 2.84. The lowest BCUT2D eigenvalue weighted by atomic mass is 10.2. The maximum absolute atomic E-state index is 13.1. The first-order valence-electron chi connectivity index (χ1n) is 8.80. The monoisotopic (exact) mass is 375 g/mol. The minimum absolute atomic E-state index is 0.0365. The number of hydrogen-bond donors (Lipinski definition) is 1. The maximum Gasteiger partial charge on any atom is 0.238 e. The predicted molar refractivity (Wildman–Crippen MR) is 104 cm³/mol. The van der Waals surface area contributed by atoms with Crippen LogP contribution in [0, 0.1) is 12.7 Å². The number of rotatable bonds is 4. The fraction of sp³-hybridized carbons (Fsp3) is 0.350. The number of benzene rings is 2. The van der Waals surface area contributed by atoms with Gasteiger partial charge in [0.15, 0.2) is 0 Å². The molecule has 0 radical (unpaired) electrons. The smallest absolute Gasteiger partial charge is 0.238 e. The van der Waals surface area contributed by atoms with E-state index in [0.717, 1.165) is 49.5 Å². The van der Waals surface area contributed by atoms with Gasteiger partial charge in [0, 0.05) is 42.6 Å². The van der Waals surface area contributed by atoms with Gasteiger partial charge in [-0.15, -0.1) is 0 Å². The Morgan fingerprint density at radius 1 is 1.12 bits per heavy atom. The molecule has 1 fully saturated rings. The summed E-state index contributed by atoms with van der Waals surface area (Å²) < 4.78 is 13.1. The van der Waals surface area contributed by atoms with E-state index in [4.69, 9.17) is 11.6 Å². The molecule has 6 heteroatoms. The van der Waals surface area contributed by atoms with Gasteiger partial charge in [-0.25, -0.2) is 4.39 Å². The number of anilines is 2. The topological polar surface area (TPSA) is 35.6 Å². The Kier molecular flexibility index (Phi) is 6.12. The fourth-order valence-corrected chi connectivity index (χ4v) is 3.33. The number of hydrogen-bond acceptors (Lipinski definition) is 3. The molecular formula is C20H23ClFN3O. The van der Waals surface area contributed by atoms with E-state index in [2.05, 4.69) is 15.1 Å². The van der Waals surface area contributed by atoms with Crippen molar-refractivity contribution in [3.05, 3.63) is 58.9 Å². The summed E-state index contributed by atoms with van der Waals surface area (Å²) >= 11 is 6.01. The summed E-state index contributed by atoms with van der Waals surface area (Å²) in [6.07, 6.45) is 0.959. The minimum atomic E-state index is -0.224. The van der Waals surface area contributed by atoms with Crippen LogP contribution in [0.25, 0.3) is 0 Å². The Morgan fingerprint density at radius 3 is 2.65 bits per heavy atom. The summed E-state index contributed by atoms with van der Waals surface area (Å²) in [5, 5.41) is 3.55. The molecule has 2 aromatic carbocycles. The van der Waals surface area contributed by atoms with Crippen molar-refractivity contribution in [1.82, 2.24) is 4.90 Å². The van der Waals surface area contributed by atoms with E-state index in [-0.39, 0.29) is 11.7 Å². The number of halogens is 2.